The summed E-state index contributed by atoms with van der Waals surface area (Å²) in [6.45, 7) is 5.52. The van der Waals surface area contributed by atoms with Crippen molar-refractivity contribution in [2.45, 2.75) is 33.4 Å². The molecule has 5 nitrogen and oxygen atoms in total. The van der Waals surface area contributed by atoms with E-state index in [0.717, 1.165) is 29.9 Å². The highest BCUT2D eigenvalue weighted by atomic mass is 16.1. The molecule has 0 atom stereocenters. The molecule has 5 heteroatoms. The van der Waals surface area contributed by atoms with Crippen molar-refractivity contribution in [3.63, 3.8) is 0 Å². The van der Waals surface area contributed by atoms with E-state index in [-0.39, 0.29) is 5.56 Å². The number of rotatable bonds is 5. The summed E-state index contributed by atoms with van der Waals surface area (Å²) < 4.78 is 3.54. The molecular formula is C14H20N4O. The van der Waals surface area contributed by atoms with Crippen molar-refractivity contribution in [1.82, 2.24) is 14.3 Å². The van der Waals surface area contributed by atoms with E-state index in [2.05, 4.69) is 17.3 Å². The van der Waals surface area contributed by atoms with Crippen LogP contribution in [-0.4, -0.2) is 14.3 Å². The lowest BCUT2D eigenvalue weighted by atomic mass is 10.2. The standard InChI is InChI=1S/C14H20N4O/c1-4-7-18-10-13(5-6-14(18)19)15-8-12-9-17(3)16-11(12)2/h5-6,9-10,15H,4,7-8H2,1-3H3. The van der Waals surface area contributed by atoms with Gasteiger partial charge >= 0.3 is 0 Å². The molecule has 19 heavy (non-hydrogen) atoms. The van der Waals surface area contributed by atoms with Gasteiger partial charge in [0, 0.05) is 44.2 Å². The van der Waals surface area contributed by atoms with Gasteiger partial charge < -0.3 is 9.88 Å². The number of hydrogen-bond donors (Lipinski definition) is 1. The van der Waals surface area contributed by atoms with Gasteiger partial charge in [0.05, 0.1) is 11.4 Å². The molecule has 1 N–H and O–H groups in total. The molecule has 2 heterocycles. The normalized spacial score (nSPS) is 10.7. The average molecular weight is 260 g/mol. The fourth-order valence-electron chi connectivity index (χ4n) is 2.07. The number of aromatic nitrogens is 3. The summed E-state index contributed by atoms with van der Waals surface area (Å²) in [5.41, 5.74) is 3.19. The molecule has 0 radical (unpaired) electrons. The largest absolute Gasteiger partial charge is 0.380 e. The maximum absolute atomic E-state index is 11.6. The van der Waals surface area contributed by atoms with Crippen molar-refractivity contribution in [1.29, 1.82) is 0 Å². The number of anilines is 1. The molecule has 0 amide bonds. The topological polar surface area (TPSA) is 51.9 Å². The van der Waals surface area contributed by atoms with Gasteiger partial charge in [0.25, 0.3) is 5.56 Å². The fraction of sp³-hybridized carbons (Fsp3) is 0.429. The van der Waals surface area contributed by atoms with Crippen LogP contribution in [0.4, 0.5) is 5.69 Å². The SMILES string of the molecule is CCCn1cc(NCc2cn(C)nc2C)ccc1=O. The minimum atomic E-state index is 0.0463. The molecule has 0 aliphatic carbocycles. The van der Waals surface area contributed by atoms with Crippen LogP contribution in [0, 0.1) is 6.92 Å². The summed E-state index contributed by atoms with van der Waals surface area (Å²) in [4.78, 5) is 11.6. The Labute approximate surface area is 112 Å². The van der Waals surface area contributed by atoms with Crippen LogP contribution in [0.15, 0.2) is 29.3 Å². The summed E-state index contributed by atoms with van der Waals surface area (Å²) in [7, 11) is 1.91. The third-order valence-corrected chi connectivity index (χ3v) is 3.05. The summed E-state index contributed by atoms with van der Waals surface area (Å²) >= 11 is 0. The molecule has 0 spiro atoms. The van der Waals surface area contributed by atoms with E-state index in [4.69, 9.17) is 0 Å². The Bertz CT molecular complexity index is 612. The molecule has 0 aromatic carbocycles. The zero-order chi connectivity index (χ0) is 13.8. The Morgan fingerprint density at radius 2 is 2.11 bits per heavy atom. The van der Waals surface area contributed by atoms with E-state index < -0.39 is 0 Å². The maximum atomic E-state index is 11.6. The second kappa shape index (κ2) is 5.73. The van der Waals surface area contributed by atoms with Gasteiger partial charge in [-0.15, -0.1) is 0 Å². The van der Waals surface area contributed by atoms with Crippen LogP contribution >= 0.6 is 0 Å². The zero-order valence-electron chi connectivity index (χ0n) is 11.7. The Morgan fingerprint density at radius 3 is 2.74 bits per heavy atom. The Balaban J connectivity index is 2.09. The predicted octanol–water partition coefficient (Wildman–Crippen LogP) is 1.91. The zero-order valence-corrected chi connectivity index (χ0v) is 11.7. The first kappa shape index (κ1) is 13.4. The van der Waals surface area contributed by atoms with Crippen molar-refractivity contribution in [2.24, 2.45) is 7.05 Å². The first-order valence-electron chi connectivity index (χ1n) is 6.53. The van der Waals surface area contributed by atoms with Crippen molar-refractivity contribution >= 4 is 5.69 Å². The lowest BCUT2D eigenvalue weighted by Crippen LogP contribution is -2.18. The summed E-state index contributed by atoms with van der Waals surface area (Å²) in [5.74, 6) is 0. The Kier molecular flexibility index (Phi) is 4.04. The van der Waals surface area contributed by atoms with Crippen LogP contribution in [-0.2, 0) is 20.1 Å². The number of aryl methyl sites for hydroxylation is 3. The summed E-state index contributed by atoms with van der Waals surface area (Å²) in [6.07, 6.45) is 4.83. The lowest BCUT2D eigenvalue weighted by Gasteiger charge is -2.09. The number of hydrogen-bond acceptors (Lipinski definition) is 3. The van der Waals surface area contributed by atoms with Crippen LogP contribution in [0.5, 0.6) is 0 Å². The minimum Gasteiger partial charge on any atom is -0.380 e. The van der Waals surface area contributed by atoms with E-state index >= 15 is 0 Å². The van der Waals surface area contributed by atoms with Gasteiger partial charge in [0.2, 0.25) is 0 Å². The second-order valence-electron chi connectivity index (χ2n) is 4.72. The van der Waals surface area contributed by atoms with Gasteiger partial charge in [-0.2, -0.15) is 5.10 Å². The second-order valence-corrected chi connectivity index (χ2v) is 4.72. The van der Waals surface area contributed by atoms with Crippen LogP contribution in [0.3, 0.4) is 0 Å². The molecule has 0 fully saturated rings. The van der Waals surface area contributed by atoms with Crippen molar-refractivity contribution in [2.75, 3.05) is 5.32 Å². The van der Waals surface area contributed by atoms with Crippen LogP contribution < -0.4 is 10.9 Å². The molecule has 2 aromatic heterocycles. The third kappa shape index (κ3) is 3.24. The highest BCUT2D eigenvalue weighted by Gasteiger charge is 2.03. The quantitative estimate of drug-likeness (QED) is 0.893. The van der Waals surface area contributed by atoms with Gasteiger partial charge in [-0.3, -0.25) is 9.48 Å². The van der Waals surface area contributed by atoms with E-state index in [1.54, 1.807) is 10.6 Å². The van der Waals surface area contributed by atoms with E-state index in [9.17, 15) is 4.79 Å². The smallest absolute Gasteiger partial charge is 0.250 e. The van der Waals surface area contributed by atoms with E-state index in [1.807, 2.05) is 37.1 Å². The molecule has 2 aromatic rings. The maximum Gasteiger partial charge on any atom is 0.250 e. The fourth-order valence-corrected chi connectivity index (χ4v) is 2.07. The van der Waals surface area contributed by atoms with E-state index in [1.165, 1.54) is 0 Å². The number of pyridine rings is 1. The number of nitrogens with one attached hydrogen (secondary N) is 1. The predicted molar refractivity (Wildman–Crippen MR) is 76.3 cm³/mol. The summed E-state index contributed by atoms with van der Waals surface area (Å²) in [6, 6.07) is 3.42. The first-order valence-corrected chi connectivity index (χ1v) is 6.53. The van der Waals surface area contributed by atoms with Crippen molar-refractivity contribution < 1.29 is 0 Å². The van der Waals surface area contributed by atoms with E-state index in [0.29, 0.717) is 6.54 Å². The van der Waals surface area contributed by atoms with Crippen LogP contribution in [0.1, 0.15) is 24.6 Å². The monoisotopic (exact) mass is 260 g/mol. The average Bonchev–Trinajstić information content (AvgIpc) is 2.69. The third-order valence-electron chi connectivity index (χ3n) is 3.05. The minimum absolute atomic E-state index is 0.0463. The van der Waals surface area contributed by atoms with Crippen LogP contribution in [0.25, 0.3) is 0 Å². The first-order chi connectivity index (χ1) is 9.10. The molecule has 0 aliphatic rings. The molecule has 0 saturated carbocycles. The lowest BCUT2D eigenvalue weighted by molar-refractivity contribution is 0.655. The molecule has 0 saturated heterocycles. The molecule has 0 bridgehead atoms. The van der Waals surface area contributed by atoms with Gasteiger partial charge in [-0.25, -0.2) is 0 Å². The Hall–Kier alpha value is -2.04. The van der Waals surface area contributed by atoms with Crippen molar-refractivity contribution in [3.05, 3.63) is 46.1 Å². The molecule has 102 valence electrons. The Morgan fingerprint density at radius 1 is 1.32 bits per heavy atom. The molecule has 2 rings (SSSR count). The number of nitrogens with zero attached hydrogens (tertiary/aromatic N) is 3. The molecule has 0 unspecified atom stereocenters. The summed E-state index contributed by atoms with van der Waals surface area (Å²) in [5, 5.41) is 7.63. The molecule has 0 aliphatic heterocycles. The van der Waals surface area contributed by atoms with Gasteiger partial charge in [0.15, 0.2) is 0 Å². The van der Waals surface area contributed by atoms with Gasteiger partial charge in [-0.05, 0) is 19.4 Å². The van der Waals surface area contributed by atoms with Crippen LogP contribution in [0.2, 0.25) is 0 Å². The highest BCUT2D eigenvalue weighted by Crippen LogP contribution is 2.09. The van der Waals surface area contributed by atoms with Crippen molar-refractivity contribution in [3.8, 4) is 0 Å². The van der Waals surface area contributed by atoms with Gasteiger partial charge in [0.1, 0.15) is 0 Å². The van der Waals surface area contributed by atoms with Gasteiger partial charge in [-0.1, -0.05) is 6.92 Å². The highest BCUT2D eigenvalue weighted by molar-refractivity contribution is 5.41. The molecular weight excluding hydrogens is 240 g/mol.